The molecule has 9 heterocycles. The van der Waals surface area contributed by atoms with E-state index in [2.05, 4.69) is 49.1 Å². The summed E-state index contributed by atoms with van der Waals surface area (Å²) in [4.78, 5) is 100.0. The largest absolute Gasteiger partial charge is 0.392 e. The number of anilines is 5. The number of piperazine rings is 1. The molecule has 11 rings (SSSR count). The molecule has 0 unspecified atom stereocenters. The maximum absolute atomic E-state index is 14.1. The number of thiophene rings is 1. The van der Waals surface area contributed by atoms with Gasteiger partial charge in [0.1, 0.15) is 23.4 Å². The van der Waals surface area contributed by atoms with Crippen molar-refractivity contribution in [3.05, 3.63) is 109 Å². The standard InChI is InChI=1S/C52H56N10O7S/c1-29-22-32(15-18-59(29)33-8-10-38-39(24-33)50(67)62(49(38)66)42-11-13-45(64)56-48(42)65)58-20-21-60(30(2)26-58)34-9-12-44(54-25-34)55-41-23-31(27-57(3)51(41)68)35-14-17-53-47(40(35)28-63)61-19-16-37-36-6-4-5-7-43(36)70-46(37)52(61)69/h8-10,12,14,17,23-25,27,29-30,32,42,63H,4-7,11,13,15-16,18-22,26,28H2,1-3H3,(H,54,55)(H,56,64,65)/t29-,30+,32-,42+/m1/s1/i3D3. The summed E-state index contributed by atoms with van der Waals surface area (Å²) in [6, 6.07) is 11.8. The first-order valence-corrected chi connectivity index (χ1v) is 25.1. The second kappa shape index (κ2) is 18.2. The van der Waals surface area contributed by atoms with Crippen molar-refractivity contribution in [3.63, 3.8) is 0 Å². The molecule has 362 valence electrons. The molecule has 3 fully saturated rings. The van der Waals surface area contributed by atoms with E-state index in [0.717, 1.165) is 91.4 Å². The van der Waals surface area contributed by atoms with E-state index in [1.807, 2.05) is 12.1 Å². The fourth-order valence-electron chi connectivity index (χ4n) is 11.6. The van der Waals surface area contributed by atoms with Crippen molar-refractivity contribution >= 4 is 69.6 Å². The summed E-state index contributed by atoms with van der Waals surface area (Å²) in [5.74, 6) is -1.62. The lowest BCUT2D eigenvalue weighted by atomic mass is 9.92. The van der Waals surface area contributed by atoms with Crippen molar-refractivity contribution in [1.29, 1.82) is 0 Å². The Hall–Kier alpha value is -6.76. The SMILES string of the molecule is [2H]C([2H])([2H])n1cc(-c2ccnc(N3CCc4c(sc5c4CCCC5)C3=O)c2CO)cc(Nc2ccc(N3CCN([C@@H]4CCN(c5ccc6c(c5)C(=O)N([C@H]5CCC(=O)NC5=O)C6=O)[C@H](C)C4)C[C@@H]3C)cn2)c1=O. The van der Waals surface area contributed by atoms with Gasteiger partial charge in [-0.2, -0.15) is 0 Å². The lowest BCUT2D eigenvalue weighted by Crippen LogP contribution is -2.58. The number of benzene rings is 1. The maximum atomic E-state index is 14.1. The highest BCUT2D eigenvalue weighted by atomic mass is 32.1. The number of nitrogens with zero attached hydrogens (tertiary/aromatic N) is 8. The Balaban J connectivity index is 0.752. The average molecular weight is 968 g/mol. The molecule has 1 aromatic carbocycles. The summed E-state index contributed by atoms with van der Waals surface area (Å²) in [5, 5.41) is 16.2. The topological polar surface area (TPSA) is 194 Å². The molecule has 3 N–H and O–H groups in total. The Morgan fingerprint density at radius 3 is 2.40 bits per heavy atom. The van der Waals surface area contributed by atoms with Gasteiger partial charge in [0.05, 0.1) is 34.5 Å². The molecular formula is C52H56N10O7S. The third-order valence-electron chi connectivity index (χ3n) is 15.2. The molecule has 18 heteroatoms. The zero-order chi connectivity index (χ0) is 51.0. The predicted octanol–water partition coefficient (Wildman–Crippen LogP) is 5.19. The number of aliphatic hydroxyl groups is 1. The van der Waals surface area contributed by atoms with Crippen molar-refractivity contribution in [2.45, 2.75) is 102 Å². The first kappa shape index (κ1) is 42.1. The van der Waals surface area contributed by atoms with Gasteiger partial charge in [0.15, 0.2) is 0 Å². The smallest absolute Gasteiger partial charge is 0.274 e. The lowest BCUT2D eigenvalue weighted by molar-refractivity contribution is -0.136. The summed E-state index contributed by atoms with van der Waals surface area (Å²) in [7, 11) is 0. The number of hydrogen-bond donors (Lipinski definition) is 3. The molecule has 3 saturated heterocycles. The molecule has 0 spiro atoms. The number of hydrogen-bond acceptors (Lipinski definition) is 14. The summed E-state index contributed by atoms with van der Waals surface area (Å²) in [6.07, 6.45) is 11.3. The fraction of sp³-hybridized carbons (Fsp3) is 0.423. The Labute approximate surface area is 413 Å². The number of pyridine rings is 3. The monoisotopic (exact) mass is 967 g/mol. The molecule has 0 bridgehead atoms. The van der Waals surface area contributed by atoms with Crippen LogP contribution < -0.4 is 30.9 Å². The first-order valence-electron chi connectivity index (χ1n) is 25.8. The highest BCUT2D eigenvalue weighted by Crippen LogP contribution is 2.41. The molecule has 5 amide bonds. The molecule has 1 aliphatic carbocycles. The van der Waals surface area contributed by atoms with Gasteiger partial charge in [0.2, 0.25) is 11.8 Å². The van der Waals surface area contributed by atoms with Crippen LogP contribution in [0.4, 0.5) is 28.7 Å². The number of carbonyl (C=O) groups excluding carboxylic acids is 5. The second-order valence-electron chi connectivity index (χ2n) is 19.3. The molecule has 70 heavy (non-hydrogen) atoms. The van der Waals surface area contributed by atoms with Crippen LogP contribution in [-0.4, -0.2) is 116 Å². The van der Waals surface area contributed by atoms with Crippen LogP contribution in [0.25, 0.3) is 11.1 Å². The van der Waals surface area contributed by atoms with E-state index in [-0.39, 0.29) is 47.6 Å². The number of carbonyl (C=O) groups is 5. The quantitative estimate of drug-likeness (QED) is 0.164. The Bertz CT molecular complexity index is 3160. The molecule has 5 aliphatic heterocycles. The van der Waals surface area contributed by atoms with E-state index >= 15 is 0 Å². The van der Waals surface area contributed by atoms with Crippen molar-refractivity contribution in [1.82, 2.24) is 29.7 Å². The van der Waals surface area contributed by atoms with Crippen molar-refractivity contribution in [2.75, 3.05) is 52.7 Å². The molecule has 6 aliphatic rings. The van der Waals surface area contributed by atoms with Gasteiger partial charge in [-0.05, 0) is 124 Å². The number of aliphatic hydroxyl groups excluding tert-OH is 1. The summed E-state index contributed by atoms with van der Waals surface area (Å²) >= 11 is 1.56. The van der Waals surface area contributed by atoms with Gasteiger partial charge in [-0.25, -0.2) is 9.97 Å². The predicted molar refractivity (Wildman–Crippen MR) is 266 cm³/mol. The van der Waals surface area contributed by atoms with E-state index in [1.54, 1.807) is 52.8 Å². The van der Waals surface area contributed by atoms with E-state index in [1.165, 1.54) is 22.8 Å². The number of piperidine rings is 2. The van der Waals surface area contributed by atoms with Crippen LogP contribution >= 0.6 is 11.3 Å². The van der Waals surface area contributed by atoms with E-state index in [0.29, 0.717) is 51.9 Å². The van der Waals surface area contributed by atoms with Crippen LogP contribution in [0.15, 0.2) is 65.8 Å². The van der Waals surface area contributed by atoms with E-state index in [4.69, 9.17) is 4.11 Å². The van der Waals surface area contributed by atoms with Crippen LogP contribution in [0.5, 0.6) is 0 Å². The molecular weight excluding hydrogens is 909 g/mol. The van der Waals surface area contributed by atoms with Crippen molar-refractivity contribution < 1.29 is 33.2 Å². The van der Waals surface area contributed by atoms with Gasteiger partial charge in [0, 0.05) is 102 Å². The summed E-state index contributed by atoms with van der Waals surface area (Å²) < 4.78 is 25.5. The van der Waals surface area contributed by atoms with E-state index < -0.39 is 48.8 Å². The third kappa shape index (κ3) is 7.95. The van der Waals surface area contributed by atoms with Crippen LogP contribution in [-0.2, 0) is 42.4 Å². The molecule has 0 saturated carbocycles. The van der Waals surface area contributed by atoms with Gasteiger partial charge in [-0.15, -0.1) is 11.3 Å². The number of amides is 5. The van der Waals surface area contributed by atoms with Gasteiger partial charge in [-0.1, -0.05) is 0 Å². The summed E-state index contributed by atoms with van der Waals surface area (Å²) in [6.45, 7) is 4.57. The fourth-order valence-corrected chi connectivity index (χ4v) is 13.0. The van der Waals surface area contributed by atoms with E-state index in [9.17, 15) is 33.9 Å². The van der Waals surface area contributed by atoms with Gasteiger partial charge >= 0.3 is 0 Å². The van der Waals surface area contributed by atoms with Crippen molar-refractivity contribution in [3.8, 4) is 11.1 Å². The van der Waals surface area contributed by atoms with Gasteiger partial charge in [-0.3, -0.25) is 48.8 Å². The Kier molecular flexibility index (Phi) is 11.0. The lowest BCUT2D eigenvalue weighted by Gasteiger charge is -2.48. The van der Waals surface area contributed by atoms with Crippen LogP contribution in [0.3, 0.4) is 0 Å². The number of fused-ring (bicyclic) bond motifs is 4. The highest BCUT2D eigenvalue weighted by molar-refractivity contribution is 7.14. The first-order chi connectivity index (χ1) is 35.1. The second-order valence-corrected chi connectivity index (χ2v) is 20.4. The maximum Gasteiger partial charge on any atom is 0.274 e. The zero-order valence-electron chi connectivity index (χ0n) is 42.1. The zero-order valence-corrected chi connectivity index (χ0v) is 39.9. The molecule has 4 atom stereocenters. The number of aryl methyl sites for hydroxylation is 2. The Morgan fingerprint density at radius 2 is 1.63 bits per heavy atom. The molecule has 5 aromatic rings. The number of imide groups is 2. The molecule has 0 radical (unpaired) electrons. The minimum Gasteiger partial charge on any atom is -0.392 e. The third-order valence-corrected chi connectivity index (χ3v) is 16.5. The normalized spacial score (nSPS) is 23.6. The number of nitrogens with one attached hydrogen (secondary N) is 2. The highest BCUT2D eigenvalue weighted by Gasteiger charge is 2.45. The number of aromatic nitrogens is 3. The van der Waals surface area contributed by atoms with Gasteiger partial charge < -0.3 is 24.8 Å². The van der Waals surface area contributed by atoms with Gasteiger partial charge in [0.25, 0.3) is 23.3 Å². The van der Waals surface area contributed by atoms with Crippen LogP contribution in [0.2, 0.25) is 0 Å². The minimum atomic E-state index is -2.83. The van der Waals surface area contributed by atoms with Crippen LogP contribution in [0.1, 0.15) is 108 Å². The average Bonchev–Trinajstić information content (AvgIpc) is 3.88. The Morgan fingerprint density at radius 1 is 0.814 bits per heavy atom. The number of rotatable bonds is 9. The molecule has 4 aromatic heterocycles. The van der Waals surface area contributed by atoms with Crippen molar-refractivity contribution in [2.24, 2.45) is 6.98 Å². The molecule has 17 nitrogen and oxygen atoms in total. The minimum absolute atomic E-state index is 0.0302. The summed E-state index contributed by atoms with van der Waals surface area (Å²) in [5.41, 5.74) is 5.02. The van der Waals surface area contributed by atoms with Crippen LogP contribution in [0, 0.1) is 0 Å².